The number of hydrogen-bond acceptors (Lipinski definition) is 4. The van der Waals surface area contributed by atoms with Crippen molar-refractivity contribution in [2.75, 3.05) is 23.7 Å². The van der Waals surface area contributed by atoms with Gasteiger partial charge in [-0.2, -0.15) is 0 Å². The normalized spacial score (nSPS) is 12.0. The topological polar surface area (TPSA) is 86.8 Å². The Bertz CT molecular complexity index is 1360. The molecular formula is C29H33Cl2N3O4S. The van der Waals surface area contributed by atoms with Gasteiger partial charge >= 0.3 is 0 Å². The van der Waals surface area contributed by atoms with Gasteiger partial charge in [-0.3, -0.25) is 13.9 Å². The Labute approximate surface area is 240 Å². The first kappa shape index (κ1) is 30.5. The monoisotopic (exact) mass is 589 g/mol. The van der Waals surface area contributed by atoms with E-state index in [1.165, 1.54) is 12.1 Å². The number of anilines is 1. The minimum atomic E-state index is -3.70. The molecule has 0 aliphatic rings. The summed E-state index contributed by atoms with van der Waals surface area (Å²) < 4.78 is 26.3. The molecule has 0 spiro atoms. The second-order valence-corrected chi connectivity index (χ2v) is 11.9. The largest absolute Gasteiger partial charge is 0.355 e. The maximum atomic E-state index is 13.7. The lowest BCUT2D eigenvalue weighted by Crippen LogP contribution is -2.50. The summed E-state index contributed by atoms with van der Waals surface area (Å²) >= 11 is 12.4. The first-order valence-electron chi connectivity index (χ1n) is 12.7. The van der Waals surface area contributed by atoms with Crippen molar-refractivity contribution in [1.29, 1.82) is 0 Å². The quantitative estimate of drug-likeness (QED) is 0.292. The van der Waals surface area contributed by atoms with E-state index < -0.39 is 16.1 Å². The van der Waals surface area contributed by atoms with Gasteiger partial charge in [-0.05, 0) is 42.7 Å². The van der Waals surface area contributed by atoms with Crippen molar-refractivity contribution in [3.8, 4) is 0 Å². The van der Waals surface area contributed by atoms with Crippen molar-refractivity contribution in [1.82, 2.24) is 10.2 Å². The first-order chi connectivity index (χ1) is 18.6. The Balaban J connectivity index is 1.86. The smallest absolute Gasteiger partial charge is 0.243 e. The van der Waals surface area contributed by atoms with Crippen molar-refractivity contribution in [2.24, 2.45) is 0 Å². The first-order valence-corrected chi connectivity index (χ1v) is 15.3. The average molecular weight is 591 g/mol. The van der Waals surface area contributed by atoms with Crippen LogP contribution in [0.15, 0.2) is 78.9 Å². The summed E-state index contributed by atoms with van der Waals surface area (Å²) in [6, 6.07) is 22.9. The third-order valence-corrected chi connectivity index (χ3v) is 7.88. The van der Waals surface area contributed by atoms with E-state index in [1.807, 2.05) is 67.6 Å². The highest BCUT2D eigenvalue weighted by Crippen LogP contribution is 2.31. The summed E-state index contributed by atoms with van der Waals surface area (Å²) in [5.74, 6) is -0.495. The predicted molar refractivity (Wildman–Crippen MR) is 157 cm³/mol. The molecular weight excluding hydrogens is 557 g/mol. The fourth-order valence-corrected chi connectivity index (χ4v) is 5.69. The van der Waals surface area contributed by atoms with Crippen molar-refractivity contribution >= 4 is 50.7 Å². The van der Waals surface area contributed by atoms with Gasteiger partial charge in [0.05, 0.1) is 17.0 Å². The molecule has 1 atom stereocenters. The van der Waals surface area contributed by atoms with Gasteiger partial charge in [0.2, 0.25) is 21.8 Å². The molecule has 0 saturated carbocycles. The number of benzene rings is 3. The lowest BCUT2D eigenvalue weighted by atomic mass is 10.0. The SMILES string of the molecule is CCNC(=O)[C@H](Cc1ccccc1)N(Cc1ccccc1)C(=O)CCCN(c1cc(Cl)ccc1Cl)S(C)(=O)=O. The van der Waals surface area contributed by atoms with Gasteiger partial charge in [0.1, 0.15) is 6.04 Å². The lowest BCUT2D eigenvalue weighted by Gasteiger charge is -2.32. The Morgan fingerprint density at radius 2 is 1.54 bits per heavy atom. The van der Waals surface area contributed by atoms with E-state index in [2.05, 4.69) is 5.32 Å². The summed E-state index contributed by atoms with van der Waals surface area (Å²) in [7, 11) is -3.70. The molecule has 3 aromatic rings. The number of nitrogens with one attached hydrogen (secondary N) is 1. The molecule has 0 heterocycles. The van der Waals surface area contributed by atoms with Gasteiger partial charge in [-0.1, -0.05) is 83.9 Å². The Morgan fingerprint density at radius 1 is 0.923 bits per heavy atom. The molecule has 7 nitrogen and oxygen atoms in total. The number of rotatable bonds is 13. The maximum Gasteiger partial charge on any atom is 0.243 e. The van der Waals surface area contributed by atoms with Gasteiger partial charge in [0.15, 0.2) is 0 Å². The standard InChI is InChI=1S/C29H33Cl2N3O4S/c1-3-32-29(36)27(19-22-11-6-4-7-12-22)33(21-23-13-8-5-9-14-23)28(35)15-10-18-34(39(2,37)38)26-20-24(30)16-17-25(26)31/h4-9,11-14,16-17,20,27H,3,10,15,18-19,21H2,1-2H3,(H,32,36)/t27-/m0/s1. The number of sulfonamides is 1. The molecule has 0 aromatic heterocycles. The summed E-state index contributed by atoms with van der Waals surface area (Å²) in [5.41, 5.74) is 2.07. The van der Waals surface area contributed by atoms with E-state index in [4.69, 9.17) is 23.2 Å². The molecule has 2 amide bonds. The van der Waals surface area contributed by atoms with Crippen molar-refractivity contribution in [3.05, 3.63) is 100 Å². The number of halogens is 2. The summed E-state index contributed by atoms with van der Waals surface area (Å²) in [6.07, 6.45) is 1.67. The van der Waals surface area contributed by atoms with Crippen LogP contribution in [0, 0.1) is 0 Å². The number of amides is 2. The van der Waals surface area contributed by atoms with E-state index in [9.17, 15) is 18.0 Å². The summed E-state index contributed by atoms with van der Waals surface area (Å²) in [6.45, 7) is 2.53. The van der Waals surface area contributed by atoms with E-state index in [1.54, 1.807) is 11.0 Å². The van der Waals surface area contributed by atoms with Crippen LogP contribution in [0.3, 0.4) is 0 Å². The summed E-state index contributed by atoms with van der Waals surface area (Å²) in [5, 5.41) is 3.45. The number of likely N-dealkylation sites (N-methyl/N-ethyl adjacent to an activating group) is 1. The molecule has 0 aliphatic carbocycles. The van der Waals surface area contributed by atoms with Gasteiger partial charge in [-0.15, -0.1) is 0 Å². The highest BCUT2D eigenvalue weighted by molar-refractivity contribution is 7.92. The van der Waals surface area contributed by atoms with E-state index in [0.717, 1.165) is 21.7 Å². The number of carbonyl (C=O) groups excluding carboxylic acids is 2. The van der Waals surface area contributed by atoms with Crippen LogP contribution in [0.4, 0.5) is 5.69 Å². The molecule has 208 valence electrons. The number of nitrogens with zero attached hydrogens (tertiary/aromatic N) is 2. The van der Waals surface area contributed by atoms with Crippen LogP contribution in [0.2, 0.25) is 10.0 Å². The van der Waals surface area contributed by atoms with Gasteiger partial charge < -0.3 is 10.2 Å². The molecule has 10 heteroatoms. The van der Waals surface area contributed by atoms with Crippen LogP contribution < -0.4 is 9.62 Å². The Kier molecular flexibility index (Phi) is 11.2. The van der Waals surface area contributed by atoms with Gasteiger partial charge in [-0.25, -0.2) is 8.42 Å². The van der Waals surface area contributed by atoms with E-state index in [-0.39, 0.29) is 48.5 Å². The van der Waals surface area contributed by atoms with E-state index >= 15 is 0 Å². The lowest BCUT2D eigenvalue weighted by molar-refractivity contribution is -0.141. The van der Waals surface area contributed by atoms with Crippen LogP contribution in [0.1, 0.15) is 30.9 Å². The minimum absolute atomic E-state index is 0.0221. The molecule has 0 fully saturated rings. The Morgan fingerprint density at radius 3 is 2.13 bits per heavy atom. The summed E-state index contributed by atoms with van der Waals surface area (Å²) in [4.78, 5) is 28.5. The number of carbonyl (C=O) groups is 2. The van der Waals surface area contributed by atoms with Crippen LogP contribution in [-0.4, -0.2) is 50.5 Å². The zero-order valence-corrected chi connectivity index (χ0v) is 24.3. The fourth-order valence-electron chi connectivity index (χ4n) is 4.29. The molecule has 0 saturated heterocycles. The minimum Gasteiger partial charge on any atom is -0.355 e. The molecule has 1 N–H and O–H groups in total. The average Bonchev–Trinajstić information content (AvgIpc) is 2.90. The highest BCUT2D eigenvalue weighted by Gasteiger charge is 2.30. The third kappa shape index (κ3) is 8.98. The predicted octanol–water partition coefficient (Wildman–Crippen LogP) is 5.32. The van der Waals surface area contributed by atoms with Crippen molar-refractivity contribution < 1.29 is 18.0 Å². The zero-order valence-electron chi connectivity index (χ0n) is 22.0. The molecule has 3 aromatic carbocycles. The molecule has 3 rings (SSSR count). The van der Waals surface area contributed by atoms with Crippen molar-refractivity contribution in [2.45, 2.75) is 38.8 Å². The highest BCUT2D eigenvalue weighted by atomic mass is 35.5. The molecule has 0 radical (unpaired) electrons. The maximum absolute atomic E-state index is 13.7. The van der Waals surface area contributed by atoms with E-state index in [0.29, 0.717) is 18.0 Å². The molecule has 39 heavy (non-hydrogen) atoms. The zero-order chi connectivity index (χ0) is 28.4. The van der Waals surface area contributed by atoms with Crippen LogP contribution in [0.25, 0.3) is 0 Å². The second kappa shape index (κ2) is 14.4. The van der Waals surface area contributed by atoms with Crippen LogP contribution in [-0.2, 0) is 32.6 Å². The third-order valence-electron chi connectivity index (χ3n) is 6.15. The van der Waals surface area contributed by atoms with Crippen molar-refractivity contribution in [3.63, 3.8) is 0 Å². The Hall–Kier alpha value is -3.07. The van der Waals surface area contributed by atoms with Crippen LogP contribution >= 0.6 is 23.2 Å². The van der Waals surface area contributed by atoms with Crippen LogP contribution in [0.5, 0.6) is 0 Å². The molecule has 0 bridgehead atoms. The molecule has 0 unspecified atom stereocenters. The second-order valence-electron chi connectivity index (χ2n) is 9.14. The van der Waals surface area contributed by atoms with Gasteiger partial charge in [0.25, 0.3) is 0 Å². The number of hydrogen-bond donors (Lipinski definition) is 1. The fraction of sp³-hybridized carbons (Fsp3) is 0.310. The molecule has 0 aliphatic heterocycles. The van der Waals surface area contributed by atoms with Gasteiger partial charge in [0, 0.05) is 37.5 Å².